The van der Waals surface area contributed by atoms with Gasteiger partial charge < -0.3 is 24.0 Å². The quantitative estimate of drug-likeness (QED) is 0.176. The lowest BCUT2D eigenvalue weighted by molar-refractivity contribution is -0.136. The molecule has 1 aromatic heterocycles. The second-order valence-corrected chi connectivity index (χ2v) is 18.3. The van der Waals surface area contributed by atoms with Gasteiger partial charge in [0.25, 0.3) is 0 Å². The summed E-state index contributed by atoms with van der Waals surface area (Å²) in [7, 11) is -4.27. The lowest BCUT2D eigenvalue weighted by atomic mass is 10.2. The number of hydrogen-bond acceptors (Lipinski definition) is 9. The molecule has 3 aromatic rings. The summed E-state index contributed by atoms with van der Waals surface area (Å²) in [6.07, 6.45) is -0.779. The van der Waals surface area contributed by atoms with Crippen LogP contribution in [-0.2, 0) is 30.9 Å². The summed E-state index contributed by atoms with van der Waals surface area (Å²) < 4.78 is 46.9. The summed E-state index contributed by atoms with van der Waals surface area (Å²) in [6, 6.07) is 11.2. The van der Waals surface area contributed by atoms with E-state index in [4.69, 9.17) is 37.4 Å². The van der Waals surface area contributed by atoms with E-state index in [0.717, 1.165) is 11.1 Å². The van der Waals surface area contributed by atoms with Crippen molar-refractivity contribution in [1.29, 1.82) is 0 Å². The van der Waals surface area contributed by atoms with Gasteiger partial charge in [0.2, 0.25) is 21.9 Å². The average Bonchev–Trinajstić information content (AvgIpc) is 3.61. The van der Waals surface area contributed by atoms with Gasteiger partial charge in [0, 0.05) is 60.9 Å². The molecule has 304 valence electrons. The Labute approximate surface area is 338 Å². The number of pyridine rings is 1. The Hall–Kier alpha value is -4.18. The number of ether oxygens (including phenoxy) is 3. The van der Waals surface area contributed by atoms with Gasteiger partial charge in [-0.05, 0) is 92.5 Å². The Bertz CT molecular complexity index is 2110. The minimum atomic E-state index is -4.27. The van der Waals surface area contributed by atoms with Crippen molar-refractivity contribution in [3.05, 3.63) is 63.8 Å². The number of hydrogen-bond donors (Lipinski definition) is 0. The smallest absolute Gasteiger partial charge is 0.437 e. The van der Waals surface area contributed by atoms with Crippen LogP contribution in [0.1, 0.15) is 72.6 Å². The third kappa shape index (κ3) is 10.0. The fourth-order valence-corrected chi connectivity index (χ4v) is 8.98. The lowest BCUT2D eigenvalue weighted by Crippen LogP contribution is -2.58. The monoisotopic (exact) mass is 832 g/mol. The van der Waals surface area contributed by atoms with Gasteiger partial charge >= 0.3 is 12.2 Å². The molecule has 2 aliphatic rings. The van der Waals surface area contributed by atoms with Crippen LogP contribution in [0.2, 0.25) is 10.0 Å². The molecule has 56 heavy (non-hydrogen) atoms. The van der Waals surface area contributed by atoms with Crippen molar-refractivity contribution >= 4 is 68.2 Å². The highest BCUT2D eigenvalue weighted by Crippen LogP contribution is 2.37. The van der Waals surface area contributed by atoms with E-state index in [0.29, 0.717) is 24.1 Å². The number of carbonyl (C=O) groups is 3. The maximum Gasteiger partial charge on any atom is 0.437 e. The van der Waals surface area contributed by atoms with Gasteiger partial charge in [0.15, 0.2) is 0 Å². The summed E-state index contributed by atoms with van der Waals surface area (Å²) in [4.78, 5) is 53.4. The van der Waals surface area contributed by atoms with Crippen LogP contribution in [-0.4, -0.2) is 113 Å². The van der Waals surface area contributed by atoms with Gasteiger partial charge in [0.1, 0.15) is 40.0 Å². The van der Waals surface area contributed by atoms with E-state index in [-0.39, 0.29) is 78.2 Å². The molecule has 3 heterocycles. The van der Waals surface area contributed by atoms with Crippen molar-refractivity contribution in [3.63, 3.8) is 0 Å². The molecule has 5 rings (SSSR count). The van der Waals surface area contributed by atoms with E-state index in [1.807, 2.05) is 31.2 Å². The van der Waals surface area contributed by atoms with Gasteiger partial charge in [-0.3, -0.25) is 4.79 Å². The van der Waals surface area contributed by atoms with Gasteiger partial charge in [-0.2, -0.15) is 4.31 Å². The number of rotatable bonds is 7. The highest BCUT2D eigenvalue weighted by atomic mass is 35.5. The molecule has 2 saturated heterocycles. The van der Waals surface area contributed by atoms with Crippen LogP contribution in [0.3, 0.4) is 0 Å². The second kappa shape index (κ2) is 17.1. The van der Waals surface area contributed by atoms with E-state index >= 15 is 0 Å². The number of guanidine groups is 1. The third-order valence-electron chi connectivity index (χ3n) is 9.05. The van der Waals surface area contributed by atoms with Crippen molar-refractivity contribution in [2.24, 2.45) is 4.99 Å². The molecule has 2 aliphatic heterocycles. The van der Waals surface area contributed by atoms with Crippen LogP contribution in [0.4, 0.5) is 9.59 Å². The van der Waals surface area contributed by atoms with E-state index in [1.54, 1.807) is 64.3 Å². The fraction of sp³-hybridized carbons (Fsp3) is 0.513. The Balaban J connectivity index is 1.33. The van der Waals surface area contributed by atoms with E-state index in [2.05, 4.69) is 9.98 Å². The van der Waals surface area contributed by atoms with Crippen LogP contribution < -0.4 is 4.74 Å². The van der Waals surface area contributed by atoms with Crippen LogP contribution in [0.5, 0.6) is 5.75 Å². The molecule has 0 saturated carbocycles. The predicted molar refractivity (Wildman–Crippen MR) is 215 cm³/mol. The number of nitrogens with zero attached hydrogens (tertiary/aromatic N) is 6. The number of aliphatic imine (C=N–C) groups is 1. The number of carbonyl (C=O) groups excluding carboxylic acids is 3. The standard InChI is InChI=1S/C39H50Cl2N6O8S/c1-9-46(37(50)55-39(6,7)8)35(43-36(49)54-38(3,4)5)45-22-20-44(21-23-45)34(48)29-13-11-19-47(29)56(51,52)31-18-17-28(40)27(32(31)41)24-53-30-14-10-12-26-16-15-25(2)42-33(26)30/h10,12,14-18,29H,9,11,13,19-24H2,1-8H3. The zero-order valence-electron chi connectivity index (χ0n) is 33.1. The first-order chi connectivity index (χ1) is 26.2. The molecule has 1 atom stereocenters. The van der Waals surface area contributed by atoms with E-state index in [9.17, 15) is 22.8 Å². The fourth-order valence-electron chi connectivity index (χ4n) is 6.47. The Morgan fingerprint density at radius 1 is 0.911 bits per heavy atom. The maximum absolute atomic E-state index is 14.3. The molecular formula is C39H50Cl2N6O8S. The molecule has 17 heteroatoms. The molecule has 0 aliphatic carbocycles. The van der Waals surface area contributed by atoms with Crippen LogP contribution in [0.25, 0.3) is 10.9 Å². The largest absolute Gasteiger partial charge is 0.487 e. The molecule has 1 unspecified atom stereocenters. The second-order valence-electron chi connectivity index (χ2n) is 15.6. The summed E-state index contributed by atoms with van der Waals surface area (Å²) in [5.41, 5.74) is 0.120. The normalized spacial score (nSPS) is 17.2. The molecular weight excluding hydrogens is 783 g/mol. The van der Waals surface area contributed by atoms with Gasteiger partial charge in [-0.15, -0.1) is 4.99 Å². The highest BCUT2D eigenvalue weighted by Gasteiger charge is 2.43. The first-order valence-electron chi connectivity index (χ1n) is 18.5. The van der Waals surface area contributed by atoms with E-state index in [1.165, 1.54) is 21.3 Å². The molecule has 0 spiro atoms. The summed E-state index contributed by atoms with van der Waals surface area (Å²) in [5.74, 6) is 0.174. The zero-order chi connectivity index (χ0) is 41.2. The topological polar surface area (TPSA) is 151 Å². The van der Waals surface area contributed by atoms with E-state index < -0.39 is 39.5 Å². The van der Waals surface area contributed by atoms with Crippen LogP contribution >= 0.6 is 23.2 Å². The lowest BCUT2D eigenvalue weighted by Gasteiger charge is -2.40. The van der Waals surface area contributed by atoms with Gasteiger partial charge in [-0.1, -0.05) is 41.4 Å². The number of fused-ring (bicyclic) bond motifs is 1. The Kier molecular flexibility index (Phi) is 13.1. The van der Waals surface area contributed by atoms with Crippen molar-refractivity contribution in [3.8, 4) is 5.75 Å². The molecule has 14 nitrogen and oxygen atoms in total. The number of sulfonamides is 1. The first-order valence-corrected chi connectivity index (χ1v) is 20.7. The number of amides is 3. The number of aryl methyl sites for hydroxylation is 1. The van der Waals surface area contributed by atoms with Crippen LogP contribution in [0.15, 0.2) is 52.4 Å². The minimum Gasteiger partial charge on any atom is -0.487 e. The number of piperazine rings is 1. The number of benzene rings is 2. The molecule has 3 amide bonds. The van der Waals surface area contributed by atoms with Crippen LogP contribution in [0, 0.1) is 6.92 Å². The Morgan fingerprint density at radius 2 is 1.57 bits per heavy atom. The third-order valence-corrected chi connectivity index (χ3v) is 11.9. The van der Waals surface area contributed by atoms with Crippen molar-refractivity contribution < 1.29 is 37.0 Å². The zero-order valence-corrected chi connectivity index (χ0v) is 35.4. The molecule has 0 bridgehead atoms. The van der Waals surface area contributed by atoms with Crippen molar-refractivity contribution in [2.75, 3.05) is 39.3 Å². The SMILES string of the molecule is CCN(C(=O)OC(C)(C)C)C(=NC(=O)OC(C)(C)C)N1CCN(C(=O)C2CCCN2S(=O)(=O)c2ccc(Cl)c(COc3cccc4ccc(C)nc34)c2Cl)CC1. The molecule has 0 N–H and O–H groups in total. The molecule has 2 aromatic carbocycles. The minimum absolute atomic E-state index is 0.0390. The Morgan fingerprint density at radius 3 is 2.21 bits per heavy atom. The number of para-hydroxylation sites is 1. The van der Waals surface area contributed by atoms with Crippen molar-refractivity contribution in [2.45, 2.75) is 97.0 Å². The first kappa shape index (κ1) is 43.0. The molecule has 2 fully saturated rings. The predicted octanol–water partition coefficient (Wildman–Crippen LogP) is 7.27. The average molecular weight is 834 g/mol. The van der Waals surface area contributed by atoms with Crippen molar-refractivity contribution in [1.82, 2.24) is 24.0 Å². The summed E-state index contributed by atoms with van der Waals surface area (Å²) in [6.45, 7) is 14.8. The number of halogens is 2. The summed E-state index contributed by atoms with van der Waals surface area (Å²) >= 11 is 13.4. The maximum atomic E-state index is 14.3. The number of aromatic nitrogens is 1. The highest BCUT2D eigenvalue weighted by molar-refractivity contribution is 7.89. The van der Waals surface area contributed by atoms with Gasteiger partial charge in [0.05, 0.1) is 5.02 Å². The molecule has 0 radical (unpaired) electrons. The summed E-state index contributed by atoms with van der Waals surface area (Å²) in [5, 5.41) is 1.02. The van der Waals surface area contributed by atoms with Gasteiger partial charge in [-0.25, -0.2) is 27.9 Å².